The first-order chi connectivity index (χ1) is 12.2. The van der Waals surface area contributed by atoms with Crippen LogP contribution in [0.15, 0.2) is 12.3 Å². The first-order valence-corrected chi connectivity index (χ1v) is 9.14. The second kappa shape index (κ2) is 7.45. The summed E-state index contributed by atoms with van der Waals surface area (Å²) in [5.74, 6) is 0.413. The van der Waals surface area contributed by atoms with Crippen molar-refractivity contribution in [1.29, 1.82) is 0 Å². The van der Waals surface area contributed by atoms with Crippen molar-refractivity contribution >= 4 is 40.1 Å². The minimum absolute atomic E-state index is 0.111. The van der Waals surface area contributed by atoms with Gasteiger partial charge in [0.1, 0.15) is 15.6 Å². The summed E-state index contributed by atoms with van der Waals surface area (Å²) in [7, 11) is 0. The molecule has 2 aromatic rings. The van der Waals surface area contributed by atoms with Gasteiger partial charge in [0.2, 0.25) is 0 Å². The Morgan fingerprint density at radius 1 is 1.46 bits per heavy atom. The zero-order valence-electron chi connectivity index (χ0n) is 13.6. The summed E-state index contributed by atoms with van der Waals surface area (Å²) in [6.45, 7) is 0. The molecule has 1 unspecified atom stereocenters. The molecule has 0 aromatic carbocycles. The van der Waals surface area contributed by atoms with E-state index in [0.717, 1.165) is 25.7 Å². The molecule has 1 aliphatic rings. The molecule has 26 heavy (non-hydrogen) atoms. The number of carbonyl (C=O) groups is 1. The fraction of sp³-hybridized carbons (Fsp3) is 0.533. The third-order valence-electron chi connectivity index (χ3n) is 4.18. The molecular weight excluding hydrogens is 466 g/mol. The normalized spacial score (nSPS) is 16.8. The van der Waals surface area contributed by atoms with Crippen molar-refractivity contribution in [3.05, 3.63) is 21.5 Å². The lowest BCUT2D eigenvalue weighted by Crippen LogP contribution is -2.24. The van der Waals surface area contributed by atoms with Crippen LogP contribution in [0.5, 0.6) is 0 Å². The van der Waals surface area contributed by atoms with Crippen LogP contribution in [-0.2, 0) is 4.74 Å². The van der Waals surface area contributed by atoms with Crippen LogP contribution in [0.1, 0.15) is 43.8 Å². The molecule has 3 rings (SSSR count). The van der Waals surface area contributed by atoms with E-state index in [1.807, 2.05) is 22.6 Å². The topological polar surface area (TPSA) is 94.5 Å². The van der Waals surface area contributed by atoms with Crippen LogP contribution in [0, 0.1) is 3.70 Å². The summed E-state index contributed by atoms with van der Waals surface area (Å²) >= 11 is 1.98. The zero-order chi connectivity index (χ0) is 18.9. The van der Waals surface area contributed by atoms with Gasteiger partial charge in [0.15, 0.2) is 5.65 Å². The van der Waals surface area contributed by atoms with Gasteiger partial charge in [-0.3, -0.25) is 0 Å². The van der Waals surface area contributed by atoms with Crippen LogP contribution in [0.2, 0.25) is 0 Å². The van der Waals surface area contributed by atoms with Gasteiger partial charge in [-0.1, -0.05) is 12.8 Å². The van der Waals surface area contributed by atoms with E-state index in [0.29, 0.717) is 9.52 Å². The number of anilines is 1. The number of amides is 1. The van der Waals surface area contributed by atoms with Crippen molar-refractivity contribution in [2.75, 3.05) is 5.32 Å². The van der Waals surface area contributed by atoms with E-state index in [9.17, 15) is 18.0 Å². The van der Waals surface area contributed by atoms with E-state index in [2.05, 4.69) is 15.4 Å². The molecule has 0 saturated heterocycles. The largest absolute Gasteiger partial charge is 0.441 e. The Hall–Kier alpha value is -1.79. The lowest BCUT2D eigenvalue weighted by atomic mass is 10.1. The number of aromatic nitrogens is 3. The highest BCUT2D eigenvalue weighted by Gasteiger charge is 2.36. The number of carbonyl (C=O) groups excluding carboxylic acids is 1. The first kappa shape index (κ1) is 19.0. The molecule has 1 fully saturated rings. The standard InChI is InChI=1S/C15H17F3IN5O2/c16-15(17,18)6-10(26-14(20)25)9-5-12(22-8-3-1-2-4-8)23-24-11(19)7-21-13(9)24/h5,7-8,10H,1-4,6H2,(H2,20,25)(H,22,23). The first-order valence-electron chi connectivity index (χ1n) is 8.06. The van der Waals surface area contributed by atoms with Crippen molar-refractivity contribution in [2.45, 2.75) is 50.4 Å². The van der Waals surface area contributed by atoms with Crippen molar-refractivity contribution < 1.29 is 22.7 Å². The predicted molar refractivity (Wildman–Crippen MR) is 95.7 cm³/mol. The maximum absolute atomic E-state index is 13.0. The maximum Gasteiger partial charge on any atom is 0.405 e. The molecule has 142 valence electrons. The number of rotatable bonds is 5. The van der Waals surface area contributed by atoms with E-state index in [1.54, 1.807) is 0 Å². The predicted octanol–water partition coefficient (Wildman–Crippen LogP) is 3.78. The summed E-state index contributed by atoms with van der Waals surface area (Å²) in [4.78, 5) is 15.3. The Kier molecular flexibility index (Phi) is 5.44. The van der Waals surface area contributed by atoms with Gasteiger partial charge in [-0.25, -0.2) is 14.3 Å². The monoisotopic (exact) mass is 483 g/mol. The van der Waals surface area contributed by atoms with Gasteiger partial charge in [-0.2, -0.15) is 13.2 Å². The maximum atomic E-state index is 13.0. The molecule has 7 nitrogen and oxygen atoms in total. The fourth-order valence-corrected chi connectivity index (χ4v) is 3.59. The van der Waals surface area contributed by atoms with Gasteiger partial charge in [-0.05, 0) is 41.5 Å². The molecule has 1 amide bonds. The van der Waals surface area contributed by atoms with Crippen molar-refractivity contribution in [1.82, 2.24) is 14.6 Å². The minimum Gasteiger partial charge on any atom is -0.441 e. The van der Waals surface area contributed by atoms with Crippen molar-refractivity contribution in [2.24, 2.45) is 5.73 Å². The highest BCUT2D eigenvalue weighted by atomic mass is 127. The third-order valence-corrected chi connectivity index (χ3v) is 4.92. The third kappa shape index (κ3) is 4.48. The van der Waals surface area contributed by atoms with Crippen LogP contribution in [0.4, 0.5) is 23.8 Å². The SMILES string of the molecule is NC(=O)OC(CC(F)(F)F)c1cc(NC2CCCC2)nn2c(I)cnc12. The highest BCUT2D eigenvalue weighted by molar-refractivity contribution is 14.1. The number of ether oxygens (including phenoxy) is 1. The van der Waals surface area contributed by atoms with Gasteiger partial charge in [-0.15, -0.1) is 5.10 Å². The van der Waals surface area contributed by atoms with Crippen LogP contribution in [-0.4, -0.2) is 32.9 Å². The van der Waals surface area contributed by atoms with Crippen LogP contribution in [0.25, 0.3) is 5.65 Å². The van der Waals surface area contributed by atoms with Gasteiger partial charge in [0.05, 0.1) is 12.6 Å². The van der Waals surface area contributed by atoms with Crippen LogP contribution < -0.4 is 11.1 Å². The quantitative estimate of drug-likeness (QED) is 0.632. The number of halogens is 4. The Balaban J connectivity index is 2.03. The number of hydrogen-bond donors (Lipinski definition) is 2. The molecule has 11 heteroatoms. The summed E-state index contributed by atoms with van der Waals surface area (Å²) in [5, 5.41) is 7.64. The van der Waals surface area contributed by atoms with Gasteiger partial charge >= 0.3 is 12.3 Å². The number of imidazole rings is 1. The molecule has 2 heterocycles. The summed E-state index contributed by atoms with van der Waals surface area (Å²) < 4.78 is 45.8. The summed E-state index contributed by atoms with van der Waals surface area (Å²) in [6.07, 6.45) is -3.16. The average molecular weight is 483 g/mol. The zero-order valence-corrected chi connectivity index (χ0v) is 15.7. The Bertz CT molecular complexity index is 804. The Morgan fingerprint density at radius 3 is 2.77 bits per heavy atom. The fourth-order valence-electron chi connectivity index (χ4n) is 3.12. The van der Waals surface area contributed by atoms with E-state index in [4.69, 9.17) is 10.5 Å². The molecule has 0 bridgehead atoms. The molecule has 1 aliphatic carbocycles. The number of nitrogens with one attached hydrogen (secondary N) is 1. The van der Waals surface area contributed by atoms with Crippen molar-refractivity contribution in [3.8, 4) is 0 Å². The number of hydrogen-bond acceptors (Lipinski definition) is 5. The van der Waals surface area contributed by atoms with E-state index >= 15 is 0 Å². The van der Waals surface area contributed by atoms with Gasteiger partial charge in [0.25, 0.3) is 0 Å². The lowest BCUT2D eigenvalue weighted by Gasteiger charge is -2.21. The number of nitrogens with zero attached hydrogens (tertiary/aromatic N) is 3. The van der Waals surface area contributed by atoms with Crippen LogP contribution >= 0.6 is 22.6 Å². The number of primary amides is 1. The van der Waals surface area contributed by atoms with E-state index < -0.39 is 24.8 Å². The number of fused-ring (bicyclic) bond motifs is 1. The Labute approximate surface area is 160 Å². The van der Waals surface area contributed by atoms with Crippen LogP contribution in [0.3, 0.4) is 0 Å². The average Bonchev–Trinajstić information content (AvgIpc) is 3.15. The smallest absolute Gasteiger partial charge is 0.405 e. The van der Waals surface area contributed by atoms with E-state index in [1.165, 1.54) is 16.8 Å². The summed E-state index contributed by atoms with van der Waals surface area (Å²) in [6, 6.07) is 1.67. The number of nitrogens with two attached hydrogens (primary N) is 1. The molecular formula is C15H17F3IN5O2. The molecule has 1 atom stereocenters. The Morgan fingerprint density at radius 2 is 2.15 bits per heavy atom. The minimum atomic E-state index is -4.54. The number of alkyl halides is 3. The van der Waals surface area contributed by atoms with E-state index in [-0.39, 0.29) is 17.3 Å². The second-order valence-electron chi connectivity index (χ2n) is 6.17. The molecule has 3 N–H and O–H groups in total. The van der Waals surface area contributed by atoms with Crippen molar-refractivity contribution in [3.63, 3.8) is 0 Å². The molecule has 0 aliphatic heterocycles. The molecule has 0 spiro atoms. The lowest BCUT2D eigenvalue weighted by molar-refractivity contribution is -0.154. The van der Waals surface area contributed by atoms with Gasteiger partial charge in [0, 0.05) is 11.6 Å². The molecule has 0 radical (unpaired) electrons. The molecule has 2 aromatic heterocycles. The highest BCUT2D eigenvalue weighted by Crippen LogP contribution is 2.35. The second-order valence-corrected chi connectivity index (χ2v) is 7.28. The van der Waals surface area contributed by atoms with Gasteiger partial charge < -0.3 is 15.8 Å². The summed E-state index contributed by atoms with van der Waals surface area (Å²) in [5.41, 5.74) is 5.29. The molecule has 1 saturated carbocycles.